The highest BCUT2D eigenvalue weighted by atomic mass is 16.5. The molecule has 0 atom stereocenters. The third kappa shape index (κ3) is 3.10. The third-order valence-electron chi connectivity index (χ3n) is 3.17. The van der Waals surface area contributed by atoms with E-state index in [1.807, 2.05) is 25.1 Å². The second-order valence-electron chi connectivity index (χ2n) is 4.44. The maximum atomic E-state index is 10.4. The minimum absolute atomic E-state index is 0.804. The molecular formula is C16H20O2. The van der Waals surface area contributed by atoms with Gasteiger partial charge in [-0.15, -0.1) is 0 Å². The van der Waals surface area contributed by atoms with Gasteiger partial charge >= 0.3 is 0 Å². The number of methoxy groups -OCH3 is 1. The largest absolute Gasteiger partial charge is 0.496 e. The number of carbonyl (C=O) groups is 1. The summed E-state index contributed by atoms with van der Waals surface area (Å²) in [5.74, 6) is 0.919. The lowest BCUT2D eigenvalue weighted by atomic mass is 9.96. The molecule has 0 radical (unpaired) electrons. The topological polar surface area (TPSA) is 26.3 Å². The fourth-order valence-electron chi connectivity index (χ4n) is 1.91. The summed E-state index contributed by atoms with van der Waals surface area (Å²) in [6.45, 7) is 8.11. The molecule has 0 saturated heterocycles. The van der Waals surface area contributed by atoms with Crippen molar-refractivity contribution < 1.29 is 9.53 Å². The lowest BCUT2D eigenvalue weighted by Gasteiger charge is -2.13. The molecule has 18 heavy (non-hydrogen) atoms. The molecule has 96 valence electrons. The molecule has 0 aliphatic rings. The summed E-state index contributed by atoms with van der Waals surface area (Å²) in [7, 11) is 1.69. The maximum absolute atomic E-state index is 10.4. The van der Waals surface area contributed by atoms with Gasteiger partial charge in [-0.1, -0.05) is 12.2 Å². The molecule has 0 aliphatic carbocycles. The van der Waals surface area contributed by atoms with Gasteiger partial charge < -0.3 is 4.74 Å². The molecule has 0 amide bonds. The molecule has 2 nitrogen and oxygen atoms in total. The van der Waals surface area contributed by atoms with Gasteiger partial charge in [0, 0.05) is 0 Å². The first-order chi connectivity index (χ1) is 8.51. The molecule has 0 fully saturated rings. The number of hydrogen-bond acceptors (Lipinski definition) is 2. The van der Waals surface area contributed by atoms with E-state index in [9.17, 15) is 4.79 Å². The standard InChI is InChI=1S/C16H20O2/c1-11(8-9-17)6-7-15-12(2)10-16(18-5)14(4)13(15)3/h6-10H,1-5H3/b7-6+,11-8-. The Bertz CT molecular complexity index is 508. The average molecular weight is 244 g/mol. The van der Waals surface area contributed by atoms with Crippen LogP contribution in [0.3, 0.4) is 0 Å². The predicted molar refractivity (Wildman–Crippen MR) is 76.1 cm³/mol. The van der Waals surface area contributed by atoms with Crippen LogP contribution >= 0.6 is 0 Å². The van der Waals surface area contributed by atoms with Crippen LogP contribution in [0.25, 0.3) is 6.08 Å². The van der Waals surface area contributed by atoms with E-state index >= 15 is 0 Å². The van der Waals surface area contributed by atoms with E-state index < -0.39 is 0 Å². The highest BCUT2D eigenvalue weighted by Gasteiger charge is 2.08. The molecule has 0 bridgehead atoms. The average Bonchev–Trinajstić information content (AvgIpc) is 2.34. The number of rotatable bonds is 4. The number of aryl methyl sites for hydroxylation is 1. The quantitative estimate of drug-likeness (QED) is 0.458. The molecule has 0 spiro atoms. The molecule has 0 unspecified atom stereocenters. The highest BCUT2D eigenvalue weighted by Crippen LogP contribution is 2.28. The second kappa shape index (κ2) is 6.20. The van der Waals surface area contributed by atoms with Crippen LogP contribution in [0.2, 0.25) is 0 Å². The van der Waals surface area contributed by atoms with E-state index in [-0.39, 0.29) is 0 Å². The first kappa shape index (κ1) is 14.2. The summed E-state index contributed by atoms with van der Waals surface area (Å²) in [5, 5.41) is 0. The van der Waals surface area contributed by atoms with Crippen LogP contribution in [0, 0.1) is 20.8 Å². The molecule has 0 aliphatic heterocycles. The number of aldehydes is 1. The lowest BCUT2D eigenvalue weighted by molar-refractivity contribution is -0.104. The minimum Gasteiger partial charge on any atom is -0.496 e. The van der Waals surface area contributed by atoms with Crippen LogP contribution in [0.1, 0.15) is 29.2 Å². The first-order valence-electron chi connectivity index (χ1n) is 5.96. The van der Waals surface area contributed by atoms with Crippen LogP contribution < -0.4 is 4.74 Å². The van der Waals surface area contributed by atoms with Gasteiger partial charge in [0.1, 0.15) is 12.0 Å². The molecule has 1 rings (SSSR count). The molecular weight excluding hydrogens is 224 g/mol. The first-order valence-corrected chi connectivity index (χ1v) is 5.96. The van der Waals surface area contributed by atoms with Crippen LogP contribution in [0.4, 0.5) is 0 Å². The van der Waals surface area contributed by atoms with Gasteiger partial charge in [-0.05, 0) is 67.7 Å². The number of benzene rings is 1. The predicted octanol–water partition coefficient (Wildman–Crippen LogP) is 3.78. The van der Waals surface area contributed by atoms with Gasteiger partial charge in [0.2, 0.25) is 0 Å². The van der Waals surface area contributed by atoms with Crippen molar-refractivity contribution in [1.82, 2.24) is 0 Å². The van der Waals surface area contributed by atoms with Gasteiger partial charge in [0.05, 0.1) is 7.11 Å². The van der Waals surface area contributed by atoms with Crippen molar-refractivity contribution in [1.29, 1.82) is 0 Å². The Balaban J connectivity index is 3.22. The van der Waals surface area contributed by atoms with Gasteiger partial charge in [-0.2, -0.15) is 0 Å². The van der Waals surface area contributed by atoms with E-state index in [2.05, 4.69) is 20.8 Å². The van der Waals surface area contributed by atoms with Crippen molar-refractivity contribution in [2.45, 2.75) is 27.7 Å². The Morgan fingerprint density at radius 2 is 1.89 bits per heavy atom. The number of ether oxygens (including phenoxy) is 1. The van der Waals surface area contributed by atoms with Gasteiger partial charge in [-0.25, -0.2) is 0 Å². The van der Waals surface area contributed by atoms with Crippen LogP contribution in [0.15, 0.2) is 23.8 Å². The summed E-state index contributed by atoms with van der Waals surface area (Å²) in [4.78, 5) is 10.4. The minimum atomic E-state index is 0.804. The normalized spacial score (nSPS) is 11.9. The zero-order valence-electron chi connectivity index (χ0n) is 11.7. The Morgan fingerprint density at radius 1 is 1.22 bits per heavy atom. The van der Waals surface area contributed by atoms with E-state index in [0.717, 1.165) is 23.2 Å². The smallest absolute Gasteiger partial charge is 0.143 e. The van der Waals surface area contributed by atoms with Crippen LogP contribution in [-0.4, -0.2) is 13.4 Å². The molecule has 0 N–H and O–H groups in total. The Labute approximate surface area is 109 Å². The lowest BCUT2D eigenvalue weighted by Crippen LogP contribution is -1.95. The van der Waals surface area contributed by atoms with Crippen molar-refractivity contribution in [3.8, 4) is 5.75 Å². The van der Waals surface area contributed by atoms with Crippen molar-refractivity contribution in [2.24, 2.45) is 0 Å². The van der Waals surface area contributed by atoms with Crippen molar-refractivity contribution in [2.75, 3.05) is 7.11 Å². The second-order valence-corrected chi connectivity index (χ2v) is 4.44. The summed E-state index contributed by atoms with van der Waals surface area (Å²) in [6, 6.07) is 2.04. The van der Waals surface area contributed by atoms with E-state index in [1.165, 1.54) is 16.7 Å². The van der Waals surface area contributed by atoms with E-state index in [0.29, 0.717) is 0 Å². The zero-order valence-corrected chi connectivity index (χ0v) is 11.7. The fourth-order valence-corrected chi connectivity index (χ4v) is 1.91. The van der Waals surface area contributed by atoms with E-state index in [1.54, 1.807) is 13.2 Å². The Hall–Kier alpha value is -1.83. The zero-order chi connectivity index (χ0) is 13.7. The molecule has 1 aromatic rings. The van der Waals surface area contributed by atoms with Gasteiger partial charge in [-0.3, -0.25) is 4.79 Å². The molecule has 2 heteroatoms. The van der Waals surface area contributed by atoms with Crippen molar-refractivity contribution in [3.63, 3.8) is 0 Å². The van der Waals surface area contributed by atoms with Crippen molar-refractivity contribution >= 4 is 12.4 Å². The Morgan fingerprint density at radius 3 is 2.44 bits per heavy atom. The summed E-state index contributed by atoms with van der Waals surface area (Å²) in [5.41, 5.74) is 5.66. The SMILES string of the molecule is COc1cc(C)c(/C=C/C(C)=C\C=O)c(C)c1C. The van der Waals surface area contributed by atoms with Crippen molar-refractivity contribution in [3.05, 3.63) is 46.0 Å². The Kier molecular flexibility index (Phi) is 4.90. The molecule has 1 aromatic carbocycles. The molecule has 0 saturated carbocycles. The maximum Gasteiger partial charge on any atom is 0.143 e. The number of carbonyl (C=O) groups excluding carboxylic acids is 1. The number of hydrogen-bond donors (Lipinski definition) is 0. The van der Waals surface area contributed by atoms with Gasteiger partial charge in [0.15, 0.2) is 0 Å². The molecule has 0 aromatic heterocycles. The summed E-state index contributed by atoms with van der Waals surface area (Å²) >= 11 is 0. The van der Waals surface area contributed by atoms with Crippen LogP contribution in [0.5, 0.6) is 5.75 Å². The third-order valence-corrected chi connectivity index (χ3v) is 3.17. The summed E-state index contributed by atoms with van der Waals surface area (Å²) < 4.78 is 5.34. The summed E-state index contributed by atoms with van der Waals surface area (Å²) in [6.07, 6.45) is 6.36. The van der Waals surface area contributed by atoms with E-state index in [4.69, 9.17) is 4.74 Å². The van der Waals surface area contributed by atoms with Crippen LogP contribution in [-0.2, 0) is 4.79 Å². The highest BCUT2D eigenvalue weighted by molar-refractivity contribution is 5.69. The monoisotopic (exact) mass is 244 g/mol. The molecule has 0 heterocycles. The number of allylic oxidation sites excluding steroid dienone is 3. The van der Waals surface area contributed by atoms with Gasteiger partial charge in [0.25, 0.3) is 0 Å². The fraction of sp³-hybridized carbons (Fsp3) is 0.312.